The number of rotatable bonds is 6. The Hall–Kier alpha value is -2.73. The molecule has 1 N–H and O–H groups in total. The van der Waals surface area contributed by atoms with Crippen LogP contribution in [0.25, 0.3) is 22.5 Å². The summed E-state index contributed by atoms with van der Waals surface area (Å²) >= 11 is 0. The molecule has 2 aliphatic rings. The molecule has 1 aliphatic carbocycles. The smallest absolute Gasteiger partial charge is 0.223 e. The van der Waals surface area contributed by atoms with E-state index in [2.05, 4.69) is 39.4 Å². The van der Waals surface area contributed by atoms with E-state index in [1.807, 2.05) is 30.5 Å². The highest BCUT2D eigenvalue weighted by Crippen LogP contribution is 2.35. The fourth-order valence-electron chi connectivity index (χ4n) is 4.96. The van der Waals surface area contributed by atoms with Crippen molar-refractivity contribution in [1.29, 1.82) is 0 Å². The van der Waals surface area contributed by atoms with E-state index in [9.17, 15) is 0 Å². The third-order valence-corrected chi connectivity index (χ3v) is 6.89. The molecule has 6 heteroatoms. The minimum Gasteiger partial charge on any atom is -0.359 e. The first-order valence-corrected chi connectivity index (χ1v) is 12.1. The molecular formula is C26H33N5O. The van der Waals surface area contributed by atoms with Crippen molar-refractivity contribution in [3.05, 3.63) is 48.4 Å². The molecule has 0 spiro atoms. The predicted molar refractivity (Wildman–Crippen MR) is 127 cm³/mol. The molecule has 168 valence electrons. The highest BCUT2D eigenvalue weighted by atomic mass is 16.5. The maximum absolute atomic E-state index is 5.94. The number of hydrogen-bond acceptors (Lipinski definition) is 6. The maximum Gasteiger partial charge on any atom is 0.223 e. The molecule has 2 aromatic heterocycles. The van der Waals surface area contributed by atoms with Crippen LogP contribution >= 0.6 is 0 Å². The number of piperidine rings is 1. The summed E-state index contributed by atoms with van der Waals surface area (Å²) in [5, 5.41) is 8.08. The van der Waals surface area contributed by atoms with Crippen LogP contribution in [-0.4, -0.2) is 39.2 Å². The normalized spacial score (nSPS) is 22.0. The lowest BCUT2D eigenvalue weighted by Crippen LogP contribution is -2.29. The Morgan fingerprint density at radius 2 is 1.78 bits per heavy atom. The van der Waals surface area contributed by atoms with Crippen LogP contribution in [0.4, 0.5) is 5.95 Å². The number of nitrogens with one attached hydrogen (secondary N) is 1. The summed E-state index contributed by atoms with van der Waals surface area (Å²) in [4.78, 5) is 11.9. The second kappa shape index (κ2) is 9.82. The lowest BCUT2D eigenvalue weighted by Gasteiger charge is -2.27. The van der Waals surface area contributed by atoms with E-state index in [0.717, 1.165) is 53.8 Å². The largest absolute Gasteiger partial charge is 0.359 e. The van der Waals surface area contributed by atoms with E-state index < -0.39 is 0 Å². The van der Waals surface area contributed by atoms with Gasteiger partial charge in [-0.1, -0.05) is 48.8 Å². The number of likely N-dealkylation sites (tertiary alicyclic amines) is 1. The lowest BCUT2D eigenvalue weighted by atomic mass is 9.87. The summed E-state index contributed by atoms with van der Waals surface area (Å²) in [5.41, 5.74) is 3.77. The van der Waals surface area contributed by atoms with Crippen molar-refractivity contribution < 1.29 is 4.52 Å². The lowest BCUT2D eigenvalue weighted by molar-refractivity contribution is 0.197. The monoisotopic (exact) mass is 431 g/mol. The predicted octanol–water partition coefficient (Wildman–Crippen LogP) is 5.78. The van der Waals surface area contributed by atoms with E-state index in [1.165, 1.54) is 44.9 Å². The Balaban J connectivity index is 1.46. The molecule has 1 saturated heterocycles. The van der Waals surface area contributed by atoms with Crippen molar-refractivity contribution in [2.45, 2.75) is 64.5 Å². The van der Waals surface area contributed by atoms with Gasteiger partial charge in [-0.05, 0) is 63.6 Å². The van der Waals surface area contributed by atoms with Crippen molar-refractivity contribution in [2.75, 3.05) is 18.4 Å². The Labute approximate surface area is 190 Å². The Kier molecular flexibility index (Phi) is 6.49. The molecule has 32 heavy (non-hydrogen) atoms. The summed E-state index contributed by atoms with van der Waals surface area (Å²) < 4.78 is 5.94. The van der Waals surface area contributed by atoms with Gasteiger partial charge in [-0.2, -0.15) is 0 Å². The number of aromatic nitrogens is 3. The highest BCUT2D eigenvalue weighted by Gasteiger charge is 2.24. The fraction of sp³-hybridized carbons (Fsp3) is 0.500. The van der Waals surface area contributed by atoms with Gasteiger partial charge < -0.3 is 9.84 Å². The van der Waals surface area contributed by atoms with Crippen LogP contribution in [0.3, 0.4) is 0 Å². The molecule has 1 aliphatic heterocycles. The van der Waals surface area contributed by atoms with Crippen LogP contribution in [0.1, 0.15) is 57.6 Å². The van der Waals surface area contributed by atoms with Gasteiger partial charge in [0.1, 0.15) is 5.69 Å². The molecular weight excluding hydrogens is 398 g/mol. The maximum atomic E-state index is 5.94. The second-order valence-corrected chi connectivity index (χ2v) is 9.40. The van der Waals surface area contributed by atoms with Gasteiger partial charge in [0, 0.05) is 17.8 Å². The minimum atomic E-state index is 0.449. The zero-order valence-electron chi connectivity index (χ0n) is 19.0. The number of anilines is 1. The molecule has 0 atom stereocenters. The van der Waals surface area contributed by atoms with Gasteiger partial charge in [-0.3, -0.25) is 4.90 Å². The summed E-state index contributed by atoms with van der Waals surface area (Å²) in [5.74, 6) is 2.41. The van der Waals surface area contributed by atoms with Crippen molar-refractivity contribution in [1.82, 2.24) is 20.0 Å². The van der Waals surface area contributed by atoms with Gasteiger partial charge in [-0.15, -0.1) is 0 Å². The molecule has 0 amide bonds. The molecule has 0 unspecified atom stereocenters. The van der Waals surface area contributed by atoms with Gasteiger partial charge in [0.25, 0.3) is 0 Å². The molecule has 1 aromatic carbocycles. The highest BCUT2D eigenvalue weighted by molar-refractivity contribution is 5.80. The average molecular weight is 432 g/mol. The van der Waals surface area contributed by atoms with Gasteiger partial charge in [0.05, 0.1) is 17.8 Å². The van der Waals surface area contributed by atoms with Crippen LogP contribution in [0.2, 0.25) is 0 Å². The summed E-state index contributed by atoms with van der Waals surface area (Å²) in [6.45, 7) is 5.33. The van der Waals surface area contributed by atoms with Crippen LogP contribution in [0, 0.1) is 5.92 Å². The third kappa shape index (κ3) is 4.85. The van der Waals surface area contributed by atoms with Crippen LogP contribution in [-0.2, 0) is 6.54 Å². The quantitative estimate of drug-likeness (QED) is 0.534. The van der Waals surface area contributed by atoms with Gasteiger partial charge >= 0.3 is 0 Å². The van der Waals surface area contributed by atoms with Gasteiger partial charge in [0.15, 0.2) is 5.76 Å². The molecule has 6 nitrogen and oxygen atoms in total. The van der Waals surface area contributed by atoms with E-state index in [4.69, 9.17) is 9.51 Å². The third-order valence-electron chi connectivity index (χ3n) is 6.89. The Morgan fingerprint density at radius 1 is 1.00 bits per heavy atom. The summed E-state index contributed by atoms with van der Waals surface area (Å²) in [6.07, 6.45) is 10.5. The minimum absolute atomic E-state index is 0.449. The fourth-order valence-corrected chi connectivity index (χ4v) is 4.96. The first-order chi connectivity index (χ1) is 15.8. The number of nitrogens with zero attached hydrogens (tertiary/aromatic N) is 4. The zero-order valence-corrected chi connectivity index (χ0v) is 19.0. The zero-order chi connectivity index (χ0) is 21.8. The van der Waals surface area contributed by atoms with Crippen LogP contribution < -0.4 is 5.32 Å². The van der Waals surface area contributed by atoms with E-state index in [0.29, 0.717) is 12.0 Å². The van der Waals surface area contributed by atoms with E-state index in [-0.39, 0.29) is 0 Å². The Morgan fingerprint density at radius 3 is 2.56 bits per heavy atom. The Bertz CT molecular complexity index is 1000. The summed E-state index contributed by atoms with van der Waals surface area (Å²) in [6, 6.07) is 12.7. The van der Waals surface area contributed by atoms with Crippen LogP contribution in [0.5, 0.6) is 0 Å². The first-order valence-electron chi connectivity index (χ1n) is 12.1. The molecule has 3 aromatic rings. The molecule has 1 saturated carbocycles. The molecule has 0 bridgehead atoms. The van der Waals surface area contributed by atoms with E-state index >= 15 is 0 Å². The number of hydrogen-bond donors (Lipinski definition) is 1. The first kappa shape index (κ1) is 21.1. The van der Waals surface area contributed by atoms with Gasteiger partial charge in [-0.25, -0.2) is 9.97 Å². The van der Waals surface area contributed by atoms with Crippen molar-refractivity contribution in [3.63, 3.8) is 0 Å². The topological polar surface area (TPSA) is 67.1 Å². The van der Waals surface area contributed by atoms with Crippen molar-refractivity contribution >= 4 is 5.95 Å². The standard InChI is InChI=1S/C26H33N5O/c1-19-10-12-21(13-11-19)28-26-27-15-14-22(29-26)24-23(18-31-16-6-3-7-17-31)32-30-25(24)20-8-4-2-5-9-20/h2,4-5,8-9,14-15,19,21H,3,6-7,10-13,16-18H2,1H3,(H,27,28,29). The van der Waals surface area contributed by atoms with Crippen LogP contribution in [0.15, 0.2) is 47.1 Å². The molecule has 5 rings (SSSR count). The molecule has 0 radical (unpaired) electrons. The molecule has 2 fully saturated rings. The van der Waals surface area contributed by atoms with Crippen molar-refractivity contribution in [2.24, 2.45) is 5.92 Å². The van der Waals surface area contributed by atoms with Gasteiger partial charge in [0.2, 0.25) is 5.95 Å². The average Bonchev–Trinajstić information content (AvgIpc) is 3.25. The second-order valence-electron chi connectivity index (χ2n) is 9.40. The summed E-state index contributed by atoms with van der Waals surface area (Å²) in [7, 11) is 0. The molecule has 3 heterocycles. The number of benzene rings is 1. The SMILES string of the molecule is CC1CCC(Nc2nccc(-c3c(-c4ccccc4)noc3CN3CCCCC3)n2)CC1. The van der Waals surface area contributed by atoms with Crippen molar-refractivity contribution in [3.8, 4) is 22.5 Å². The van der Waals surface area contributed by atoms with E-state index in [1.54, 1.807) is 0 Å².